The lowest BCUT2D eigenvalue weighted by molar-refractivity contribution is 0.102. The van der Waals surface area contributed by atoms with Crippen molar-refractivity contribution in [2.75, 3.05) is 26.6 Å². The number of ether oxygens (including phenoxy) is 3. The Hall–Kier alpha value is -4.07. The predicted molar refractivity (Wildman–Crippen MR) is 113 cm³/mol. The van der Waals surface area contributed by atoms with Gasteiger partial charge in [-0.2, -0.15) is 0 Å². The molecule has 30 heavy (non-hydrogen) atoms. The van der Waals surface area contributed by atoms with Crippen LogP contribution in [0.4, 0.5) is 5.69 Å². The second kappa shape index (κ2) is 8.12. The molecule has 0 unspecified atom stereocenters. The molecular weight excluding hydrogens is 384 g/mol. The van der Waals surface area contributed by atoms with Gasteiger partial charge in [0.1, 0.15) is 5.82 Å². The van der Waals surface area contributed by atoms with Gasteiger partial charge >= 0.3 is 0 Å². The van der Waals surface area contributed by atoms with E-state index in [0.717, 1.165) is 11.1 Å². The van der Waals surface area contributed by atoms with Crippen LogP contribution in [0.2, 0.25) is 0 Å². The van der Waals surface area contributed by atoms with Gasteiger partial charge in [-0.05, 0) is 36.4 Å². The van der Waals surface area contributed by atoms with Gasteiger partial charge in [0.05, 0.1) is 32.5 Å². The van der Waals surface area contributed by atoms with Crippen LogP contribution in [0.25, 0.3) is 22.6 Å². The maximum absolute atomic E-state index is 13.0. The number of aromatic amines is 1. The number of nitrogens with zero attached hydrogens (tertiary/aromatic N) is 2. The Morgan fingerprint density at radius 1 is 0.967 bits per heavy atom. The summed E-state index contributed by atoms with van der Waals surface area (Å²) in [4.78, 5) is 25.0. The van der Waals surface area contributed by atoms with Crippen molar-refractivity contribution in [2.45, 2.75) is 0 Å². The fourth-order valence-corrected chi connectivity index (χ4v) is 3.18. The van der Waals surface area contributed by atoms with Crippen molar-refractivity contribution in [3.05, 3.63) is 60.3 Å². The van der Waals surface area contributed by atoms with Gasteiger partial charge < -0.3 is 24.5 Å². The Kier molecular flexibility index (Phi) is 5.21. The molecule has 2 N–H and O–H groups in total. The summed E-state index contributed by atoms with van der Waals surface area (Å²) >= 11 is 0. The summed E-state index contributed by atoms with van der Waals surface area (Å²) in [5.74, 6) is 1.52. The van der Waals surface area contributed by atoms with E-state index in [1.54, 1.807) is 18.3 Å². The van der Waals surface area contributed by atoms with E-state index in [0.29, 0.717) is 40.0 Å². The number of hydrogen-bond donors (Lipinski definition) is 2. The number of hydrogen-bond acceptors (Lipinski definition) is 6. The SMILES string of the molecule is COc1cc(C(=O)Nc2ccccc2-c2nc3ncccc3[nH]2)cc(OC)c1OC. The number of imidazole rings is 1. The number of methoxy groups -OCH3 is 3. The molecule has 4 rings (SSSR count). The molecule has 8 heteroatoms. The topological polar surface area (TPSA) is 98.4 Å². The number of carbonyl (C=O) groups excluding carboxylic acids is 1. The van der Waals surface area contributed by atoms with Crippen LogP contribution in [0.15, 0.2) is 54.7 Å². The normalized spacial score (nSPS) is 10.6. The summed E-state index contributed by atoms with van der Waals surface area (Å²) < 4.78 is 16.0. The Bertz CT molecular complexity index is 1160. The first-order valence-corrected chi connectivity index (χ1v) is 9.16. The smallest absolute Gasteiger partial charge is 0.255 e. The maximum atomic E-state index is 13.0. The molecular formula is C22H20N4O4. The van der Waals surface area contributed by atoms with Crippen LogP contribution in [0.5, 0.6) is 17.2 Å². The highest BCUT2D eigenvalue weighted by atomic mass is 16.5. The molecule has 0 spiro atoms. The molecule has 0 saturated carbocycles. The average Bonchev–Trinajstić information content (AvgIpc) is 3.22. The van der Waals surface area contributed by atoms with Crippen LogP contribution < -0.4 is 19.5 Å². The number of para-hydroxylation sites is 1. The van der Waals surface area contributed by atoms with Gasteiger partial charge in [0.15, 0.2) is 17.1 Å². The highest BCUT2D eigenvalue weighted by molar-refractivity contribution is 6.07. The second-order valence-corrected chi connectivity index (χ2v) is 6.37. The zero-order valence-corrected chi connectivity index (χ0v) is 16.7. The highest BCUT2D eigenvalue weighted by Crippen LogP contribution is 2.38. The zero-order chi connectivity index (χ0) is 21.1. The number of fused-ring (bicyclic) bond motifs is 1. The first kappa shape index (κ1) is 19.3. The van der Waals surface area contributed by atoms with Crippen molar-refractivity contribution in [3.8, 4) is 28.6 Å². The number of anilines is 1. The molecule has 0 aliphatic rings. The quantitative estimate of drug-likeness (QED) is 0.506. The molecule has 0 saturated heterocycles. The number of rotatable bonds is 6. The molecule has 2 aromatic carbocycles. The van der Waals surface area contributed by atoms with Gasteiger partial charge in [0.25, 0.3) is 5.91 Å². The predicted octanol–water partition coefficient (Wildman–Crippen LogP) is 3.90. The summed E-state index contributed by atoms with van der Waals surface area (Å²) in [6.45, 7) is 0. The number of pyridine rings is 1. The highest BCUT2D eigenvalue weighted by Gasteiger charge is 2.18. The van der Waals surface area contributed by atoms with Gasteiger partial charge in [0, 0.05) is 17.3 Å². The van der Waals surface area contributed by atoms with E-state index in [1.165, 1.54) is 21.3 Å². The van der Waals surface area contributed by atoms with E-state index in [-0.39, 0.29) is 5.91 Å². The lowest BCUT2D eigenvalue weighted by atomic mass is 10.1. The lowest BCUT2D eigenvalue weighted by Crippen LogP contribution is -2.13. The van der Waals surface area contributed by atoms with Crippen LogP contribution >= 0.6 is 0 Å². The zero-order valence-electron chi connectivity index (χ0n) is 16.7. The van der Waals surface area contributed by atoms with Crippen molar-refractivity contribution in [2.24, 2.45) is 0 Å². The van der Waals surface area contributed by atoms with Crippen LogP contribution in [0.1, 0.15) is 10.4 Å². The molecule has 0 fully saturated rings. The van der Waals surface area contributed by atoms with E-state index in [4.69, 9.17) is 14.2 Å². The molecule has 0 bridgehead atoms. The molecule has 1 amide bonds. The minimum Gasteiger partial charge on any atom is -0.493 e. The van der Waals surface area contributed by atoms with E-state index < -0.39 is 0 Å². The molecule has 2 aromatic heterocycles. The number of amides is 1. The number of benzene rings is 2. The van der Waals surface area contributed by atoms with E-state index in [2.05, 4.69) is 20.3 Å². The standard InChI is InChI=1S/C22H20N4O4/c1-28-17-11-13(12-18(29-2)19(17)30-3)22(27)25-15-8-5-4-7-14(15)20-24-16-9-6-10-23-21(16)26-20/h4-12H,1-3H3,(H,25,27)(H,23,24,26). The van der Waals surface area contributed by atoms with Gasteiger partial charge in [0.2, 0.25) is 5.75 Å². The summed E-state index contributed by atoms with van der Waals surface area (Å²) in [5, 5.41) is 2.94. The number of aromatic nitrogens is 3. The van der Waals surface area contributed by atoms with Crippen molar-refractivity contribution >= 4 is 22.8 Å². The summed E-state index contributed by atoms with van der Waals surface area (Å²) in [6, 6.07) is 14.3. The molecule has 152 valence electrons. The van der Waals surface area contributed by atoms with Gasteiger partial charge in [-0.3, -0.25) is 4.79 Å². The van der Waals surface area contributed by atoms with Crippen LogP contribution in [-0.2, 0) is 0 Å². The van der Waals surface area contributed by atoms with Gasteiger partial charge in [-0.15, -0.1) is 0 Å². The monoisotopic (exact) mass is 404 g/mol. The largest absolute Gasteiger partial charge is 0.493 e. The van der Waals surface area contributed by atoms with E-state index >= 15 is 0 Å². The van der Waals surface area contributed by atoms with E-state index in [1.807, 2.05) is 36.4 Å². The third-order valence-electron chi connectivity index (χ3n) is 4.61. The lowest BCUT2D eigenvalue weighted by Gasteiger charge is -2.14. The average molecular weight is 404 g/mol. The van der Waals surface area contributed by atoms with Crippen LogP contribution in [0.3, 0.4) is 0 Å². The first-order valence-electron chi connectivity index (χ1n) is 9.16. The Balaban J connectivity index is 1.69. The first-order chi connectivity index (χ1) is 14.6. The maximum Gasteiger partial charge on any atom is 0.255 e. The summed E-state index contributed by atoms with van der Waals surface area (Å²) in [7, 11) is 4.52. The number of H-pyrrole nitrogens is 1. The molecule has 0 aliphatic heterocycles. The fourth-order valence-electron chi connectivity index (χ4n) is 3.18. The number of carbonyl (C=O) groups is 1. The van der Waals surface area contributed by atoms with Crippen molar-refractivity contribution in [1.82, 2.24) is 15.0 Å². The van der Waals surface area contributed by atoms with E-state index in [9.17, 15) is 4.79 Å². The molecule has 8 nitrogen and oxygen atoms in total. The van der Waals surface area contributed by atoms with Gasteiger partial charge in [-0.25, -0.2) is 9.97 Å². The second-order valence-electron chi connectivity index (χ2n) is 6.37. The van der Waals surface area contributed by atoms with Crippen molar-refractivity contribution in [3.63, 3.8) is 0 Å². The molecule has 0 radical (unpaired) electrons. The van der Waals surface area contributed by atoms with Crippen LogP contribution in [-0.4, -0.2) is 42.2 Å². The molecule has 0 aliphatic carbocycles. The minimum atomic E-state index is -0.323. The molecule has 0 atom stereocenters. The third kappa shape index (κ3) is 3.50. The van der Waals surface area contributed by atoms with Crippen LogP contribution in [0, 0.1) is 0 Å². The number of nitrogens with one attached hydrogen (secondary N) is 2. The Morgan fingerprint density at radius 2 is 1.70 bits per heavy atom. The minimum absolute atomic E-state index is 0.323. The fraction of sp³-hybridized carbons (Fsp3) is 0.136. The molecule has 4 aromatic rings. The third-order valence-corrected chi connectivity index (χ3v) is 4.61. The Labute approximate surface area is 172 Å². The van der Waals surface area contributed by atoms with Crippen molar-refractivity contribution in [1.29, 1.82) is 0 Å². The Morgan fingerprint density at radius 3 is 2.37 bits per heavy atom. The van der Waals surface area contributed by atoms with Gasteiger partial charge in [-0.1, -0.05) is 12.1 Å². The van der Waals surface area contributed by atoms with Crippen molar-refractivity contribution < 1.29 is 19.0 Å². The summed E-state index contributed by atoms with van der Waals surface area (Å²) in [6.07, 6.45) is 1.69. The summed E-state index contributed by atoms with van der Waals surface area (Å²) in [5.41, 5.74) is 3.15. The molecule has 2 heterocycles.